The average molecular weight is 529 g/mol. The molecule has 5 heteroatoms. The number of imidazole rings is 1. The van der Waals surface area contributed by atoms with E-state index in [4.69, 9.17) is 9.72 Å². The smallest absolute Gasteiger partial charge is 0.347 e. The van der Waals surface area contributed by atoms with Crippen molar-refractivity contribution < 1.29 is 14.6 Å². The summed E-state index contributed by atoms with van der Waals surface area (Å²) < 4.78 is 8.02. The Hall–Kier alpha value is -4.64. The van der Waals surface area contributed by atoms with Gasteiger partial charge in [-0.3, -0.25) is 0 Å². The van der Waals surface area contributed by atoms with Crippen LogP contribution in [0.15, 0.2) is 103 Å². The minimum absolute atomic E-state index is 0.556. The van der Waals surface area contributed by atoms with Crippen LogP contribution < -0.4 is 4.74 Å². The first-order valence-corrected chi connectivity index (χ1v) is 13.7. The highest BCUT2D eigenvalue weighted by molar-refractivity contribution is 5.95. The molecular formula is C35H32N2O3. The molecule has 0 bridgehead atoms. The molecule has 200 valence electrons. The second kappa shape index (κ2) is 10.5. The third-order valence-electron chi connectivity index (χ3n) is 7.53. The fourth-order valence-electron chi connectivity index (χ4n) is 5.26. The molecule has 0 radical (unpaired) electrons. The molecular weight excluding hydrogens is 496 g/mol. The summed E-state index contributed by atoms with van der Waals surface area (Å²) in [4.78, 5) is 16.5. The standard InChI is InChI=1S/C35H32N2O3/c1-35(2,34(38)39)40-30-18-15-24(16-19-30)8-7-13-33-36-31-21-28-11-5-6-12-29(28)22-32(31)37(33)23-25-14-17-26-9-3-4-10-27(26)20-25/h3-6,9-12,14-22H,7-8,13,23H2,1-2H3,(H,38,39). The first-order valence-electron chi connectivity index (χ1n) is 13.7. The van der Waals surface area contributed by atoms with E-state index in [1.54, 1.807) is 13.8 Å². The molecule has 1 heterocycles. The number of aromatic nitrogens is 2. The molecule has 0 spiro atoms. The zero-order chi connectivity index (χ0) is 27.7. The predicted octanol–water partition coefficient (Wildman–Crippen LogP) is 7.81. The number of ether oxygens (including phenoxy) is 1. The van der Waals surface area contributed by atoms with Gasteiger partial charge in [0.05, 0.1) is 11.0 Å². The highest BCUT2D eigenvalue weighted by Gasteiger charge is 2.29. The molecule has 5 nitrogen and oxygen atoms in total. The molecule has 0 amide bonds. The molecule has 0 atom stereocenters. The molecule has 1 aromatic heterocycles. The van der Waals surface area contributed by atoms with Gasteiger partial charge in [-0.25, -0.2) is 9.78 Å². The fraction of sp³-hybridized carbons (Fsp3) is 0.200. The van der Waals surface area contributed by atoms with Crippen molar-refractivity contribution in [2.24, 2.45) is 0 Å². The first-order chi connectivity index (χ1) is 19.4. The van der Waals surface area contributed by atoms with E-state index in [2.05, 4.69) is 83.4 Å². The molecule has 0 unspecified atom stereocenters. The minimum atomic E-state index is -1.27. The Morgan fingerprint density at radius 1 is 0.775 bits per heavy atom. The van der Waals surface area contributed by atoms with E-state index in [1.807, 2.05) is 24.3 Å². The number of aryl methyl sites for hydroxylation is 2. The lowest BCUT2D eigenvalue weighted by atomic mass is 10.1. The lowest BCUT2D eigenvalue weighted by molar-refractivity contribution is -0.152. The van der Waals surface area contributed by atoms with Gasteiger partial charge in [-0.15, -0.1) is 0 Å². The number of carboxylic acids is 1. The van der Waals surface area contributed by atoms with Gasteiger partial charge in [-0.1, -0.05) is 72.8 Å². The first kappa shape index (κ1) is 25.6. The van der Waals surface area contributed by atoms with Crippen molar-refractivity contribution in [1.29, 1.82) is 0 Å². The number of fused-ring (bicyclic) bond motifs is 3. The van der Waals surface area contributed by atoms with Crippen molar-refractivity contribution >= 4 is 38.5 Å². The van der Waals surface area contributed by atoms with Crippen molar-refractivity contribution in [2.45, 2.75) is 45.3 Å². The zero-order valence-corrected chi connectivity index (χ0v) is 22.8. The number of aliphatic carboxylic acids is 1. The van der Waals surface area contributed by atoms with Crippen molar-refractivity contribution in [3.05, 3.63) is 120 Å². The van der Waals surface area contributed by atoms with Crippen molar-refractivity contribution in [2.75, 3.05) is 0 Å². The van der Waals surface area contributed by atoms with Gasteiger partial charge < -0.3 is 14.4 Å². The minimum Gasteiger partial charge on any atom is -0.478 e. The molecule has 0 aliphatic rings. The lowest BCUT2D eigenvalue weighted by Crippen LogP contribution is -2.37. The number of carboxylic acid groups (broad SMARTS) is 1. The van der Waals surface area contributed by atoms with Crippen molar-refractivity contribution in [3.8, 4) is 5.75 Å². The van der Waals surface area contributed by atoms with Crippen molar-refractivity contribution in [3.63, 3.8) is 0 Å². The predicted molar refractivity (Wildman–Crippen MR) is 161 cm³/mol. The van der Waals surface area contributed by atoms with Gasteiger partial charge in [0.2, 0.25) is 0 Å². The van der Waals surface area contributed by atoms with Gasteiger partial charge >= 0.3 is 5.97 Å². The quantitative estimate of drug-likeness (QED) is 0.208. The summed E-state index contributed by atoms with van der Waals surface area (Å²) in [5.74, 6) is 0.651. The van der Waals surface area contributed by atoms with E-state index in [-0.39, 0.29) is 0 Å². The Balaban J connectivity index is 1.25. The molecule has 1 N–H and O–H groups in total. The fourth-order valence-corrected chi connectivity index (χ4v) is 5.26. The molecule has 0 fully saturated rings. The maximum Gasteiger partial charge on any atom is 0.347 e. The van der Waals surface area contributed by atoms with Gasteiger partial charge in [0.25, 0.3) is 0 Å². The summed E-state index contributed by atoms with van der Waals surface area (Å²) in [7, 11) is 0. The number of hydrogen-bond acceptors (Lipinski definition) is 3. The Labute approximate surface area is 233 Å². The number of rotatable bonds is 9. The van der Waals surface area contributed by atoms with Crippen LogP contribution in [-0.4, -0.2) is 26.2 Å². The molecule has 0 saturated heterocycles. The Morgan fingerprint density at radius 3 is 2.10 bits per heavy atom. The molecule has 0 saturated carbocycles. The van der Waals surface area contributed by atoms with Gasteiger partial charge in [0.15, 0.2) is 5.60 Å². The van der Waals surface area contributed by atoms with Crippen LogP contribution in [0.25, 0.3) is 32.6 Å². The van der Waals surface area contributed by atoms with Crippen LogP contribution in [0.3, 0.4) is 0 Å². The SMILES string of the molecule is CC(C)(Oc1ccc(CCCc2nc3cc4ccccc4cc3n2Cc2ccc3ccccc3c2)cc1)C(=O)O. The second-order valence-electron chi connectivity index (χ2n) is 10.9. The third-order valence-corrected chi connectivity index (χ3v) is 7.53. The molecule has 5 aromatic carbocycles. The van der Waals surface area contributed by atoms with Crippen LogP contribution >= 0.6 is 0 Å². The van der Waals surface area contributed by atoms with Crippen LogP contribution in [0, 0.1) is 0 Å². The maximum atomic E-state index is 11.4. The summed E-state index contributed by atoms with van der Waals surface area (Å²) in [5, 5.41) is 14.2. The average Bonchev–Trinajstić information content (AvgIpc) is 3.28. The Kier molecular flexibility index (Phi) is 6.72. The molecule has 0 aliphatic heterocycles. The topological polar surface area (TPSA) is 64.4 Å². The van der Waals surface area contributed by atoms with E-state index in [1.165, 1.54) is 32.7 Å². The number of hydrogen-bond donors (Lipinski definition) is 1. The lowest BCUT2D eigenvalue weighted by Gasteiger charge is -2.21. The summed E-state index contributed by atoms with van der Waals surface area (Å²) >= 11 is 0. The van der Waals surface area contributed by atoms with E-state index >= 15 is 0 Å². The highest BCUT2D eigenvalue weighted by Crippen LogP contribution is 2.27. The van der Waals surface area contributed by atoms with Crippen LogP contribution in [0.1, 0.15) is 37.2 Å². The molecule has 0 aliphatic carbocycles. The largest absolute Gasteiger partial charge is 0.478 e. The normalized spacial score (nSPS) is 11.8. The Morgan fingerprint density at radius 2 is 1.40 bits per heavy atom. The van der Waals surface area contributed by atoms with Crippen LogP contribution in [-0.2, 0) is 24.2 Å². The van der Waals surface area contributed by atoms with E-state index in [9.17, 15) is 9.90 Å². The van der Waals surface area contributed by atoms with Gasteiger partial charge in [-0.2, -0.15) is 0 Å². The second-order valence-corrected chi connectivity index (χ2v) is 10.9. The molecule has 6 aromatic rings. The van der Waals surface area contributed by atoms with Gasteiger partial charge in [-0.05, 0) is 89.7 Å². The summed E-state index contributed by atoms with van der Waals surface area (Å²) in [6.07, 6.45) is 2.69. The zero-order valence-electron chi connectivity index (χ0n) is 22.8. The number of carbonyl (C=O) groups is 1. The van der Waals surface area contributed by atoms with E-state index in [0.29, 0.717) is 5.75 Å². The highest BCUT2D eigenvalue weighted by atomic mass is 16.5. The van der Waals surface area contributed by atoms with Crippen LogP contribution in [0.2, 0.25) is 0 Å². The third kappa shape index (κ3) is 5.28. The van der Waals surface area contributed by atoms with E-state index in [0.717, 1.165) is 42.7 Å². The molecule has 6 rings (SSSR count). The van der Waals surface area contributed by atoms with E-state index < -0.39 is 11.6 Å². The summed E-state index contributed by atoms with van der Waals surface area (Å²) in [6.45, 7) is 3.87. The van der Waals surface area contributed by atoms with Crippen LogP contribution in [0.4, 0.5) is 0 Å². The number of benzene rings is 5. The summed E-state index contributed by atoms with van der Waals surface area (Å²) in [5.41, 5.74) is 3.35. The number of nitrogens with zero attached hydrogens (tertiary/aromatic N) is 2. The van der Waals surface area contributed by atoms with Crippen LogP contribution in [0.5, 0.6) is 5.75 Å². The van der Waals surface area contributed by atoms with Gasteiger partial charge in [0, 0.05) is 13.0 Å². The van der Waals surface area contributed by atoms with Gasteiger partial charge in [0.1, 0.15) is 11.6 Å². The molecule has 40 heavy (non-hydrogen) atoms. The monoisotopic (exact) mass is 528 g/mol. The van der Waals surface area contributed by atoms with Crippen molar-refractivity contribution in [1.82, 2.24) is 9.55 Å². The Bertz CT molecular complexity index is 1830. The maximum absolute atomic E-state index is 11.4. The summed E-state index contributed by atoms with van der Waals surface area (Å²) in [6, 6.07) is 35.8.